The number of carbonyl (C=O) groups is 1. The van der Waals surface area contributed by atoms with Gasteiger partial charge in [0.25, 0.3) is 0 Å². The van der Waals surface area contributed by atoms with Gasteiger partial charge in [-0.05, 0) is 37.5 Å². The van der Waals surface area contributed by atoms with Gasteiger partial charge in [0.05, 0.1) is 5.56 Å². The maximum absolute atomic E-state index is 11.1. The van der Waals surface area contributed by atoms with Crippen molar-refractivity contribution < 1.29 is 9.90 Å². The molecule has 1 aromatic rings. The number of carboxylic acid groups (broad SMARTS) is 1. The van der Waals surface area contributed by atoms with E-state index in [2.05, 4.69) is 11.9 Å². The van der Waals surface area contributed by atoms with Crippen LogP contribution in [0.5, 0.6) is 0 Å². The van der Waals surface area contributed by atoms with E-state index in [0.717, 1.165) is 11.3 Å². The minimum absolute atomic E-state index is 0.410. The van der Waals surface area contributed by atoms with E-state index in [1.54, 1.807) is 6.07 Å². The van der Waals surface area contributed by atoms with Crippen LogP contribution in [0.3, 0.4) is 0 Å². The molecule has 0 atom stereocenters. The second-order valence-corrected chi connectivity index (χ2v) is 4.80. The van der Waals surface area contributed by atoms with Crippen molar-refractivity contribution in [2.75, 3.05) is 11.9 Å². The number of hydrogen-bond donors (Lipinski definition) is 1. The summed E-state index contributed by atoms with van der Waals surface area (Å²) in [6, 6.07) is 6.08. The lowest BCUT2D eigenvalue weighted by molar-refractivity contribution is 0.0696. The Labute approximate surface area is 102 Å². The van der Waals surface area contributed by atoms with E-state index in [0.29, 0.717) is 11.6 Å². The predicted octanol–water partition coefficient (Wildman–Crippen LogP) is 3.07. The van der Waals surface area contributed by atoms with Gasteiger partial charge in [-0.2, -0.15) is 0 Å². The molecule has 0 aliphatic heterocycles. The molecule has 1 fully saturated rings. The van der Waals surface area contributed by atoms with Crippen LogP contribution in [0.2, 0.25) is 0 Å². The van der Waals surface area contributed by atoms with Crippen molar-refractivity contribution in [3.63, 3.8) is 0 Å². The summed E-state index contributed by atoms with van der Waals surface area (Å²) in [5.41, 5.74) is 2.33. The highest BCUT2D eigenvalue weighted by atomic mass is 16.4. The van der Waals surface area contributed by atoms with Crippen molar-refractivity contribution in [1.82, 2.24) is 0 Å². The molecule has 0 heterocycles. The third-order valence-corrected chi connectivity index (χ3v) is 3.79. The molecule has 0 unspecified atom stereocenters. The molecular formula is C14H19NO2. The van der Waals surface area contributed by atoms with Crippen LogP contribution in [0.25, 0.3) is 0 Å². The van der Waals surface area contributed by atoms with E-state index in [1.165, 1.54) is 25.7 Å². The Balaban J connectivity index is 2.31. The number of carboxylic acids is 1. The van der Waals surface area contributed by atoms with Gasteiger partial charge in [-0.25, -0.2) is 4.79 Å². The summed E-state index contributed by atoms with van der Waals surface area (Å²) in [4.78, 5) is 13.3. The normalized spacial score (nSPS) is 16.1. The molecule has 92 valence electrons. The maximum atomic E-state index is 11.1. The first kappa shape index (κ1) is 12.0. The Hall–Kier alpha value is -1.51. The molecule has 3 nitrogen and oxygen atoms in total. The smallest absolute Gasteiger partial charge is 0.336 e. The van der Waals surface area contributed by atoms with Crippen LogP contribution in [-0.4, -0.2) is 24.2 Å². The molecule has 0 saturated heterocycles. The quantitative estimate of drug-likeness (QED) is 0.872. The molecule has 0 amide bonds. The van der Waals surface area contributed by atoms with Crippen molar-refractivity contribution >= 4 is 11.7 Å². The Morgan fingerprint density at radius 2 is 2.00 bits per heavy atom. The van der Waals surface area contributed by atoms with Gasteiger partial charge in [-0.15, -0.1) is 0 Å². The first-order valence-corrected chi connectivity index (χ1v) is 6.17. The summed E-state index contributed by atoms with van der Waals surface area (Å²) < 4.78 is 0. The zero-order chi connectivity index (χ0) is 12.4. The molecule has 0 spiro atoms. The highest BCUT2D eigenvalue weighted by molar-refractivity contribution is 5.91. The first-order chi connectivity index (χ1) is 8.11. The van der Waals surface area contributed by atoms with Crippen LogP contribution in [0.4, 0.5) is 5.69 Å². The molecule has 1 N–H and O–H groups in total. The molecule has 3 heteroatoms. The predicted molar refractivity (Wildman–Crippen MR) is 68.8 cm³/mol. The van der Waals surface area contributed by atoms with Crippen molar-refractivity contribution in [3.8, 4) is 0 Å². The van der Waals surface area contributed by atoms with Crippen LogP contribution in [0, 0.1) is 6.92 Å². The summed E-state index contributed by atoms with van der Waals surface area (Å²) in [6.45, 7) is 1.89. The minimum Gasteiger partial charge on any atom is -0.478 e. The van der Waals surface area contributed by atoms with Gasteiger partial charge in [-0.1, -0.05) is 18.9 Å². The van der Waals surface area contributed by atoms with E-state index >= 15 is 0 Å². The highest BCUT2D eigenvalue weighted by Crippen LogP contribution is 2.30. The first-order valence-electron chi connectivity index (χ1n) is 6.17. The zero-order valence-corrected chi connectivity index (χ0v) is 10.4. The summed E-state index contributed by atoms with van der Waals surface area (Å²) >= 11 is 0. The van der Waals surface area contributed by atoms with Crippen molar-refractivity contribution in [2.24, 2.45) is 0 Å². The number of benzene rings is 1. The zero-order valence-electron chi connectivity index (χ0n) is 10.4. The fraction of sp³-hybridized carbons (Fsp3) is 0.500. The van der Waals surface area contributed by atoms with Gasteiger partial charge in [0, 0.05) is 18.8 Å². The number of aromatic carboxylic acids is 1. The third kappa shape index (κ3) is 2.28. The molecule has 17 heavy (non-hydrogen) atoms. The van der Waals surface area contributed by atoms with E-state index in [4.69, 9.17) is 5.11 Å². The number of rotatable bonds is 3. The second-order valence-electron chi connectivity index (χ2n) is 4.80. The SMILES string of the molecule is Cc1c(C(=O)O)cccc1N(C)C1CCCC1. The lowest BCUT2D eigenvalue weighted by atomic mass is 10.0. The van der Waals surface area contributed by atoms with Crippen LogP contribution >= 0.6 is 0 Å². The van der Waals surface area contributed by atoms with E-state index < -0.39 is 5.97 Å². The maximum Gasteiger partial charge on any atom is 0.336 e. The standard InChI is InChI=1S/C14H19NO2/c1-10-12(14(16)17)8-5-9-13(10)15(2)11-6-3-4-7-11/h5,8-9,11H,3-4,6-7H2,1-2H3,(H,16,17). The van der Waals surface area contributed by atoms with E-state index in [1.807, 2.05) is 19.1 Å². The Bertz CT molecular complexity index is 422. The fourth-order valence-electron chi connectivity index (χ4n) is 2.73. The fourth-order valence-corrected chi connectivity index (χ4v) is 2.73. The summed E-state index contributed by atoms with van der Waals surface area (Å²) in [5.74, 6) is -0.843. The molecule has 0 aromatic heterocycles. The molecule has 1 saturated carbocycles. The average molecular weight is 233 g/mol. The van der Waals surface area contributed by atoms with Crippen LogP contribution in [0.15, 0.2) is 18.2 Å². The number of hydrogen-bond acceptors (Lipinski definition) is 2. The van der Waals surface area contributed by atoms with Gasteiger partial charge in [0.1, 0.15) is 0 Å². The second kappa shape index (κ2) is 4.78. The lowest BCUT2D eigenvalue weighted by Crippen LogP contribution is -2.29. The van der Waals surface area contributed by atoms with Crippen LogP contribution in [0.1, 0.15) is 41.6 Å². The van der Waals surface area contributed by atoms with Gasteiger partial charge in [0.15, 0.2) is 0 Å². The van der Waals surface area contributed by atoms with Crippen molar-refractivity contribution in [1.29, 1.82) is 0 Å². The van der Waals surface area contributed by atoms with Gasteiger partial charge >= 0.3 is 5.97 Å². The Kier molecular flexibility index (Phi) is 3.36. The Morgan fingerprint density at radius 1 is 1.35 bits per heavy atom. The largest absolute Gasteiger partial charge is 0.478 e. The van der Waals surface area contributed by atoms with Crippen molar-refractivity contribution in [2.45, 2.75) is 38.6 Å². The summed E-state index contributed by atoms with van der Waals surface area (Å²) in [6.07, 6.45) is 5.00. The minimum atomic E-state index is -0.843. The van der Waals surface area contributed by atoms with Gasteiger partial charge < -0.3 is 10.0 Å². The van der Waals surface area contributed by atoms with Gasteiger partial charge in [-0.3, -0.25) is 0 Å². The number of anilines is 1. The lowest BCUT2D eigenvalue weighted by Gasteiger charge is -2.28. The summed E-state index contributed by atoms with van der Waals surface area (Å²) in [5, 5.41) is 9.12. The monoisotopic (exact) mass is 233 g/mol. The van der Waals surface area contributed by atoms with E-state index in [9.17, 15) is 4.79 Å². The van der Waals surface area contributed by atoms with Crippen LogP contribution in [-0.2, 0) is 0 Å². The molecule has 1 aliphatic rings. The molecule has 1 aromatic carbocycles. The summed E-state index contributed by atoms with van der Waals surface area (Å²) in [7, 11) is 2.07. The van der Waals surface area contributed by atoms with E-state index in [-0.39, 0.29) is 0 Å². The average Bonchev–Trinajstić information content (AvgIpc) is 2.81. The van der Waals surface area contributed by atoms with Crippen molar-refractivity contribution in [3.05, 3.63) is 29.3 Å². The molecule has 0 radical (unpaired) electrons. The Morgan fingerprint density at radius 3 is 2.59 bits per heavy atom. The van der Waals surface area contributed by atoms with Gasteiger partial charge in [0.2, 0.25) is 0 Å². The molecule has 1 aliphatic carbocycles. The molecule has 0 bridgehead atoms. The van der Waals surface area contributed by atoms with Crippen LogP contribution < -0.4 is 4.90 Å². The highest BCUT2D eigenvalue weighted by Gasteiger charge is 2.22. The molecular weight excluding hydrogens is 214 g/mol. The molecule has 2 rings (SSSR count). The topological polar surface area (TPSA) is 40.5 Å². The third-order valence-electron chi connectivity index (χ3n) is 3.79. The number of nitrogens with zero attached hydrogens (tertiary/aromatic N) is 1.